The molecule has 0 aliphatic carbocycles. The number of halogens is 1. The van der Waals surface area contributed by atoms with Gasteiger partial charge in [-0.2, -0.15) is 5.10 Å². The normalized spacial score (nSPS) is 17.3. The zero-order chi connectivity index (χ0) is 32.8. The minimum atomic E-state index is -0.426. The lowest BCUT2D eigenvalue weighted by molar-refractivity contribution is -0.138. The summed E-state index contributed by atoms with van der Waals surface area (Å²) in [5.74, 6) is -0.154. The third kappa shape index (κ3) is 7.21. The number of H-pyrrole nitrogens is 1. The van der Waals surface area contributed by atoms with E-state index in [1.54, 1.807) is 34.4 Å². The fourth-order valence-corrected chi connectivity index (χ4v) is 6.85. The number of thiazole rings is 1. The number of benzene rings is 2. The number of methoxy groups -OCH3 is 1. The third-order valence-electron chi connectivity index (χ3n) is 8.40. The van der Waals surface area contributed by atoms with Gasteiger partial charge in [0.1, 0.15) is 11.6 Å². The zero-order valence-electron chi connectivity index (χ0n) is 27.0. The molecule has 2 aromatic heterocycles. The Morgan fingerprint density at radius 3 is 2.70 bits per heavy atom. The van der Waals surface area contributed by atoms with Crippen molar-refractivity contribution in [1.82, 2.24) is 30.3 Å². The Labute approximate surface area is 273 Å². The first kappa shape index (κ1) is 33.0. The minimum Gasteiger partial charge on any atom is -0.496 e. The second kappa shape index (κ2) is 14.8. The molecule has 46 heavy (non-hydrogen) atoms. The molecule has 0 bridgehead atoms. The molecular formula is C35H41FN6O3S. The van der Waals surface area contributed by atoms with Crippen LogP contribution >= 0.6 is 11.3 Å². The molecule has 2 amide bonds. The lowest BCUT2D eigenvalue weighted by atomic mass is 9.95. The molecule has 0 saturated carbocycles. The molecular weight excluding hydrogens is 603 g/mol. The monoisotopic (exact) mass is 644 g/mol. The van der Waals surface area contributed by atoms with Crippen LogP contribution in [0.5, 0.6) is 5.75 Å². The number of nitrogens with one attached hydrogen (secondary N) is 2. The standard InChI is InChI=1S/C35H41FN6O3S/c1-6-10-30-33(46-22(4)37-30)18-16-29-25-19-23(13-15-28(25)39-40-29)34(43)38-24-14-17-31(35(44)41(7-2)8-3)42(20-24)21-26-27(36)11-9-12-32(26)45-5/h6,9-13,15-16,18-19,24,31H,7-8,14,17,20-21H2,1-5H3,(H,38,43)(H,39,40)/b10-6-,18-16+/t24-,31+/m1/s1. The van der Waals surface area contributed by atoms with Crippen molar-refractivity contribution < 1.29 is 18.7 Å². The van der Waals surface area contributed by atoms with Crippen molar-refractivity contribution in [1.29, 1.82) is 0 Å². The summed E-state index contributed by atoms with van der Waals surface area (Å²) >= 11 is 1.61. The molecule has 1 saturated heterocycles. The van der Waals surface area contributed by atoms with Crippen LogP contribution < -0.4 is 10.1 Å². The van der Waals surface area contributed by atoms with E-state index in [0.29, 0.717) is 49.4 Å². The van der Waals surface area contributed by atoms with Gasteiger partial charge in [0.05, 0.1) is 39.9 Å². The molecule has 2 aromatic carbocycles. The SMILES string of the molecule is C/C=C\c1nc(C)sc1/C=C/c1n[nH]c2ccc(C(=O)N[C@@H]3CC[C@@H](C(=O)N(CC)CC)N(Cc4c(F)cccc4OC)C3)cc12. The number of fused-ring (bicyclic) bond motifs is 1. The Morgan fingerprint density at radius 2 is 1.96 bits per heavy atom. The Kier molecular flexibility index (Phi) is 10.6. The fourth-order valence-electron chi connectivity index (χ4n) is 6.03. The molecule has 0 unspecified atom stereocenters. The quantitative estimate of drug-likeness (QED) is 0.198. The Morgan fingerprint density at radius 1 is 1.15 bits per heavy atom. The highest BCUT2D eigenvalue weighted by atomic mass is 32.1. The number of aryl methyl sites for hydroxylation is 1. The number of aromatic nitrogens is 3. The van der Waals surface area contributed by atoms with Gasteiger partial charge >= 0.3 is 0 Å². The van der Waals surface area contributed by atoms with Crippen LogP contribution in [0.3, 0.4) is 0 Å². The number of ether oxygens (including phenoxy) is 1. The maximum Gasteiger partial charge on any atom is 0.251 e. The average molecular weight is 645 g/mol. The average Bonchev–Trinajstić information content (AvgIpc) is 3.63. The zero-order valence-corrected chi connectivity index (χ0v) is 27.8. The van der Waals surface area contributed by atoms with Crippen molar-refractivity contribution in [3.05, 3.63) is 80.7 Å². The summed E-state index contributed by atoms with van der Waals surface area (Å²) in [6.07, 6.45) is 9.04. The third-order valence-corrected chi connectivity index (χ3v) is 9.35. The van der Waals surface area contributed by atoms with Crippen LogP contribution in [-0.4, -0.2) is 75.6 Å². The van der Waals surface area contributed by atoms with Gasteiger partial charge in [0.2, 0.25) is 5.91 Å². The number of likely N-dealkylation sites (N-methyl/N-ethyl adjacent to an activating group) is 1. The van der Waals surface area contributed by atoms with Gasteiger partial charge in [-0.15, -0.1) is 11.3 Å². The Bertz CT molecular complexity index is 1760. The van der Waals surface area contributed by atoms with Crippen LogP contribution in [0.15, 0.2) is 42.5 Å². The first-order valence-corrected chi connectivity index (χ1v) is 16.5. The number of nitrogens with zero attached hydrogens (tertiary/aromatic N) is 4. The van der Waals surface area contributed by atoms with Gasteiger partial charge in [-0.1, -0.05) is 12.1 Å². The van der Waals surface area contributed by atoms with Crippen molar-refractivity contribution in [2.75, 3.05) is 26.7 Å². The Balaban J connectivity index is 1.35. The molecule has 242 valence electrons. The maximum atomic E-state index is 15.0. The van der Waals surface area contributed by atoms with E-state index in [-0.39, 0.29) is 30.2 Å². The number of aromatic amines is 1. The van der Waals surface area contributed by atoms with E-state index in [0.717, 1.165) is 32.2 Å². The molecule has 0 spiro atoms. The highest BCUT2D eigenvalue weighted by Crippen LogP contribution is 2.29. The summed E-state index contributed by atoms with van der Waals surface area (Å²) < 4.78 is 20.4. The van der Waals surface area contributed by atoms with E-state index >= 15 is 0 Å². The van der Waals surface area contributed by atoms with E-state index in [2.05, 4.69) is 20.5 Å². The highest BCUT2D eigenvalue weighted by molar-refractivity contribution is 7.12. The number of hydrogen-bond donors (Lipinski definition) is 2. The number of likely N-dealkylation sites (tertiary alicyclic amines) is 1. The van der Waals surface area contributed by atoms with Gasteiger partial charge in [0.25, 0.3) is 5.91 Å². The number of hydrogen-bond acceptors (Lipinski definition) is 7. The van der Waals surface area contributed by atoms with Gasteiger partial charge in [0.15, 0.2) is 0 Å². The summed E-state index contributed by atoms with van der Waals surface area (Å²) in [5, 5.41) is 12.5. The predicted molar refractivity (Wildman–Crippen MR) is 182 cm³/mol. The number of amides is 2. The number of carbonyl (C=O) groups excluding carboxylic acids is 2. The van der Waals surface area contributed by atoms with E-state index in [1.165, 1.54) is 13.2 Å². The summed E-state index contributed by atoms with van der Waals surface area (Å²) in [4.78, 5) is 36.5. The molecule has 1 aliphatic heterocycles. The van der Waals surface area contributed by atoms with Crippen molar-refractivity contribution in [2.45, 2.75) is 59.2 Å². The first-order valence-electron chi connectivity index (χ1n) is 15.7. The highest BCUT2D eigenvalue weighted by Gasteiger charge is 2.36. The van der Waals surface area contributed by atoms with Crippen LogP contribution in [0, 0.1) is 12.7 Å². The Hall–Kier alpha value is -4.35. The number of rotatable bonds is 11. The minimum absolute atomic E-state index is 0.0161. The lowest BCUT2D eigenvalue weighted by Crippen LogP contribution is -2.56. The van der Waals surface area contributed by atoms with Crippen LogP contribution in [-0.2, 0) is 11.3 Å². The van der Waals surface area contributed by atoms with Crippen LogP contribution in [0.25, 0.3) is 29.1 Å². The second-order valence-corrected chi connectivity index (χ2v) is 12.5. The number of carbonyl (C=O) groups is 2. The van der Waals surface area contributed by atoms with Crippen LogP contribution in [0.1, 0.15) is 70.8 Å². The van der Waals surface area contributed by atoms with Gasteiger partial charge < -0.3 is 15.0 Å². The topological polar surface area (TPSA) is 103 Å². The molecule has 0 radical (unpaired) electrons. The molecule has 5 rings (SSSR count). The molecule has 3 heterocycles. The molecule has 9 nitrogen and oxygen atoms in total. The van der Waals surface area contributed by atoms with E-state index in [4.69, 9.17) is 4.74 Å². The van der Waals surface area contributed by atoms with E-state index < -0.39 is 6.04 Å². The van der Waals surface area contributed by atoms with Crippen molar-refractivity contribution in [2.24, 2.45) is 0 Å². The molecule has 2 N–H and O–H groups in total. The molecule has 11 heteroatoms. The number of piperidine rings is 1. The summed E-state index contributed by atoms with van der Waals surface area (Å²) in [6, 6.07) is 9.54. The van der Waals surface area contributed by atoms with Gasteiger partial charge in [-0.3, -0.25) is 19.6 Å². The van der Waals surface area contributed by atoms with Crippen molar-refractivity contribution in [3.8, 4) is 5.75 Å². The van der Waals surface area contributed by atoms with Crippen molar-refractivity contribution >= 4 is 52.3 Å². The van der Waals surface area contributed by atoms with Gasteiger partial charge in [-0.25, -0.2) is 9.37 Å². The van der Waals surface area contributed by atoms with Crippen LogP contribution in [0.2, 0.25) is 0 Å². The molecule has 2 atom stereocenters. The van der Waals surface area contributed by atoms with E-state index in [9.17, 15) is 14.0 Å². The molecule has 1 aliphatic rings. The number of allylic oxidation sites excluding steroid dienone is 1. The fraction of sp³-hybridized carbons (Fsp3) is 0.371. The summed E-state index contributed by atoms with van der Waals surface area (Å²) in [5.41, 5.74) is 3.37. The van der Waals surface area contributed by atoms with E-state index in [1.807, 2.05) is 69.0 Å². The second-order valence-electron chi connectivity index (χ2n) is 11.3. The maximum absolute atomic E-state index is 15.0. The predicted octanol–water partition coefficient (Wildman–Crippen LogP) is 6.31. The van der Waals surface area contributed by atoms with Crippen LogP contribution in [0.4, 0.5) is 4.39 Å². The summed E-state index contributed by atoms with van der Waals surface area (Å²) in [6.45, 7) is 9.63. The van der Waals surface area contributed by atoms with Crippen molar-refractivity contribution in [3.63, 3.8) is 0 Å². The van der Waals surface area contributed by atoms with Gasteiger partial charge in [-0.05, 0) is 89.1 Å². The van der Waals surface area contributed by atoms with Gasteiger partial charge in [0, 0.05) is 48.7 Å². The molecule has 1 fully saturated rings. The lowest BCUT2D eigenvalue weighted by Gasteiger charge is -2.41. The first-order chi connectivity index (χ1) is 22.3. The molecule has 4 aromatic rings. The smallest absolute Gasteiger partial charge is 0.251 e. The summed E-state index contributed by atoms with van der Waals surface area (Å²) in [7, 11) is 1.51. The largest absolute Gasteiger partial charge is 0.496 e.